The number of aryl methyl sites for hydroxylation is 1. The van der Waals surface area contributed by atoms with Crippen molar-refractivity contribution in [3.05, 3.63) is 76.8 Å². The molecule has 0 saturated carbocycles. The Morgan fingerprint density at radius 3 is 2.44 bits per heavy atom. The van der Waals surface area contributed by atoms with Crippen molar-refractivity contribution in [3.8, 4) is 11.5 Å². The standard InChI is InChI=1S/C23H23ClN2O5S/c1-4-31-18-10-8-17(9-11-18)26-32(28,29)19-7-5-6-16(13-19)23(27)25-21-12-15(2)20(24)14-22(21)30-3/h5-14,26H,4H2,1-3H3,(H,25,27). The number of halogens is 1. The van der Waals surface area contributed by atoms with E-state index in [0.29, 0.717) is 34.5 Å². The van der Waals surface area contributed by atoms with Crippen molar-refractivity contribution < 1.29 is 22.7 Å². The lowest BCUT2D eigenvalue weighted by molar-refractivity contribution is 0.102. The molecule has 0 atom stereocenters. The maximum atomic E-state index is 12.8. The van der Waals surface area contributed by atoms with Crippen LogP contribution >= 0.6 is 11.6 Å². The molecule has 0 aromatic heterocycles. The highest BCUT2D eigenvalue weighted by Crippen LogP contribution is 2.31. The van der Waals surface area contributed by atoms with Gasteiger partial charge in [0.05, 0.1) is 24.3 Å². The SMILES string of the molecule is CCOc1ccc(NS(=O)(=O)c2cccc(C(=O)Nc3cc(C)c(Cl)cc3OC)c2)cc1. The molecule has 3 aromatic carbocycles. The second kappa shape index (κ2) is 9.93. The fourth-order valence-electron chi connectivity index (χ4n) is 2.93. The molecule has 2 N–H and O–H groups in total. The van der Waals surface area contributed by atoms with Crippen molar-refractivity contribution in [2.75, 3.05) is 23.8 Å². The van der Waals surface area contributed by atoms with E-state index in [1.807, 2.05) is 6.92 Å². The zero-order valence-corrected chi connectivity index (χ0v) is 19.4. The topological polar surface area (TPSA) is 93.7 Å². The third kappa shape index (κ3) is 5.52. The highest BCUT2D eigenvalue weighted by molar-refractivity contribution is 7.92. The van der Waals surface area contributed by atoms with E-state index in [4.69, 9.17) is 21.1 Å². The second-order valence-corrected chi connectivity index (χ2v) is 8.94. The Morgan fingerprint density at radius 2 is 1.78 bits per heavy atom. The van der Waals surface area contributed by atoms with Gasteiger partial charge in [-0.25, -0.2) is 8.42 Å². The van der Waals surface area contributed by atoms with Gasteiger partial charge in [0.15, 0.2) is 0 Å². The van der Waals surface area contributed by atoms with Gasteiger partial charge in [0, 0.05) is 22.3 Å². The van der Waals surface area contributed by atoms with Crippen LogP contribution in [0, 0.1) is 6.92 Å². The summed E-state index contributed by atoms with van der Waals surface area (Å²) in [5.41, 5.74) is 1.75. The highest BCUT2D eigenvalue weighted by atomic mass is 35.5. The van der Waals surface area contributed by atoms with Crippen molar-refractivity contribution in [2.24, 2.45) is 0 Å². The van der Waals surface area contributed by atoms with Gasteiger partial charge >= 0.3 is 0 Å². The zero-order chi connectivity index (χ0) is 23.3. The van der Waals surface area contributed by atoms with Crippen LogP contribution < -0.4 is 19.5 Å². The molecule has 3 rings (SSSR count). The minimum absolute atomic E-state index is 0.0433. The van der Waals surface area contributed by atoms with Gasteiger partial charge in [0.2, 0.25) is 0 Å². The Morgan fingerprint density at radius 1 is 1.06 bits per heavy atom. The first kappa shape index (κ1) is 23.4. The normalized spacial score (nSPS) is 11.0. The number of hydrogen-bond donors (Lipinski definition) is 2. The predicted molar refractivity (Wildman–Crippen MR) is 126 cm³/mol. The van der Waals surface area contributed by atoms with E-state index in [9.17, 15) is 13.2 Å². The number of amides is 1. The van der Waals surface area contributed by atoms with E-state index >= 15 is 0 Å². The van der Waals surface area contributed by atoms with Crippen LogP contribution in [0.5, 0.6) is 11.5 Å². The molecular formula is C23H23ClN2O5S. The number of carbonyl (C=O) groups excluding carboxylic acids is 1. The molecule has 3 aromatic rings. The molecule has 0 radical (unpaired) electrons. The quantitative estimate of drug-likeness (QED) is 0.473. The fourth-order valence-corrected chi connectivity index (χ4v) is 4.19. The van der Waals surface area contributed by atoms with E-state index < -0.39 is 15.9 Å². The van der Waals surface area contributed by atoms with Crippen LogP contribution in [0.1, 0.15) is 22.8 Å². The van der Waals surface area contributed by atoms with Crippen molar-refractivity contribution in [3.63, 3.8) is 0 Å². The van der Waals surface area contributed by atoms with Crippen molar-refractivity contribution in [1.82, 2.24) is 0 Å². The number of benzene rings is 3. The third-order valence-corrected chi connectivity index (χ3v) is 6.34. The van der Waals surface area contributed by atoms with Gasteiger partial charge in [-0.3, -0.25) is 9.52 Å². The fraction of sp³-hybridized carbons (Fsp3) is 0.174. The number of hydrogen-bond acceptors (Lipinski definition) is 5. The van der Waals surface area contributed by atoms with Crippen LogP contribution in [0.15, 0.2) is 65.6 Å². The lowest BCUT2D eigenvalue weighted by atomic mass is 10.1. The van der Waals surface area contributed by atoms with Crippen molar-refractivity contribution >= 4 is 38.9 Å². The summed E-state index contributed by atoms with van der Waals surface area (Å²) in [5, 5.41) is 3.25. The minimum atomic E-state index is -3.91. The molecule has 7 nitrogen and oxygen atoms in total. The van der Waals surface area contributed by atoms with E-state index in [2.05, 4.69) is 10.0 Å². The molecule has 0 spiro atoms. The first-order valence-electron chi connectivity index (χ1n) is 9.74. The summed E-state index contributed by atoms with van der Waals surface area (Å²) in [4.78, 5) is 12.7. The first-order valence-corrected chi connectivity index (χ1v) is 11.6. The lowest BCUT2D eigenvalue weighted by Crippen LogP contribution is -2.16. The molecule has 0 fully saturated rings. The Balaban J connectivity index is 1.81. The van der Waals surface area contributed by atoms with E-state index in [1.54, 1.807) is 43.3 Å². The summed E-state index contributed by atoms with van der Waals surface area (Å²) in [6, 6.07) is 15.6. The summed E-state index contributed by atoms with van der Waals surface area (Å²) >= 11 is 6.11. The monoisotopic (exact) mass is 474 g/mol. The van der Waals surface area contributed by atoms with Crippen LogP contribution in [0.2, 0.25) is 5.02 Å². The maximum Gasteiger partial charge on any atom is 0.261 e. The molecule has 0 aliphatic rings. The van der Waals surface area contributed by atoms with Gasteiger partial charge in [-0.1, -0.05) is 17.7 Å². The number of anilines is 2. The number of sulfonamides is 1. The lowest BCUT2D eigenvalue weighted by Gasteiger charge is -2.13. The van der Waals surface area contributed by atoms with E-state index in [-0.39, 0.29) is 10.5 Å². The Hall–Kier alpha value is -3.23. The molecule has 0 saturated heterocycles. The molecule has 0 aliphatic carbocycles. The number of carbonyl (C=O) groups is 1. The summed E-state index contributed by atoms with van der Waals surface area (Å²) < 4.78 is 38.8. The van der Waals surface area contributed by atoms with Gasteiger partial charge in [0.25, 0.3) is 15.9 Å². The number of methoxy groups -OCH3 is 1. The van der Waals surface area contributed by atoms with Gasteiger partial charge in [-0.2, -0.15) is 0 Å². The van der Waals surface area contributed by atoms with Crippen LogP contribution in [0.3, 0.4) is 0 Å². The van der Waals surface area contributed by atoms with Crippen LogP contribution in [0.25, 0.3) is 0 Å². The number of nitrogens with one attached hydrogen (secondary N) is 2. The molecular weight excluding hydrogens is 452 g/mol. The Kier molecular flexibility index (Phi) is 7.27. The third-order valence-electron chi connectivity index (χ3n) is 4.55. The zero-order valence-electron chi connectivity index (χ0n) is 17.8. The van der Waals surface area contributed by atoms with Crippen LogP contribution in [-0.4, -0.2) is 28.0 Å². The average Bonchev–Trinajstić information content (AvgIpc) is 2.77. The smallest absolute Gasteiger partial charge is 0.261 e. The molecule has 1 amide bonds. The number of ether oxygens (including phenoxy) is 2. The summed E-state index contributed by atoms with van der Waals surface area (Å²) in [7, 11) is -2.44. The maximum absolute atomic E-state index is 12.8. The highest BCUT2D eigenvalue weighted by Gasteiger charge is 2.18. The Bertz CT molecular complexity index is 1230. The molecule has 168 valence electrons. The molecule has 0 aliphatic heterocycles. The summed E-state index contributed by atoms with van der Waals surface area (Å²) in [6.45, 7) is 4.18. The van der Waals surface area contributed by atoms with Crippen molar-refractivity contribution in [2.45, 2.75) is 18.7 Å². The van der Waals surface area contributed by atoms with Gasteiger partial charge in [0.1, 0.15) is 11.5 Å². The molecule has 0 heterocycles. The Labute approximate surface area is 192 Å². The number of rotatable bonds is 8. The van der Waals surface area contributed by atoms with Gasteiger partial charge < -0.3 is 14.8 Å². The molecule has 32 heavy (non-hydrogen) atoms. The first-order chi connectivity index (χ1) is 15.2. The minimum Gasteiger partial charge on any atom is -0.495 e. The molecule has 0 bridgehead atoms. The van der Waals surface area contributed by atoms with E-state index in [1.165, 1.54) is 31.4 Å². The van der Waals surface area contributed by atoms with Crippen molar-refractivity contribution in [1.29, 1.82) is 0 Å². The average molecular weight is 475 g/mol. The van der Waals surface area contributed by atoms with Crippen LogP contribution in [0.4, 0.5) is 11.4 Å². The van der Waals surface area contributed by atoms with E-state index in [0.717, 1.165) is 5.56 Å². The second-order valence-electron chi connectivity index (χ2n) is 6.85. The van der Waals surface area contributed by atoms with Crippen LogP contribution in [-0.2, 0) is 10.0 Å². The van der Waals surface area contributed by atoms with Gasteiger partial charge in [-0.15, -0.1) is 0 Å². The summed E-state index contributed by atoms with van der Waals surface area (Å²) in [6.07, 6.45) is 0. The summed E-state index contributed by atoms with van der Waals surface area (Å²) in [5.74, 6) is 0.556. The predicted octanol–water partition coefficient (Wildman–Crippen LogP) is 5.11. The van der Waals surface area contributed by atoms with Gasteiger partial charge in [-0.05, 0) is 67.9 Å². The largest absolute Gasteiger partial charge is 0.495 e. The molecule has 9 heteroatoms. The molecule has 0 unspecified atom stereocenters.